The van der Waals surface area contributed by atoms with Crippen molar-refractivity contribution in [3.63, 3.8) is 0 Å². The van der Waals surface area contributed by atoms with E-state index in [9.17, 15) is 0 Å². The summed E-state index contributed by atoms with van der Waals surface area (Å²) in [5.74, 6) is 0. The Bertz CT molecular complexity index is 236. The summed E-state index contributed by atoms with van der Waals surface area (Å²) in [6, 6.07) is 0. The van der Waals surface area contributed by atoms with E-state index in [4.69, 9.17) is 3.07 Å². The van der Waals surface area contributed by atoms with Gasteiger partial charge in [-0.3, -0.25) is 0 Å². The van der Waals surface area contributed by atoms with Crippen LogP contribution in [0.3, 0.4) is 0 Å². The molecule has 0 atom stereocenters. The molecule has 0 N–H and O–H groups in total. The van der Waals surface area contributed by atoms with E-state index in [-0.39, 0.29) is 7.92 Å². The Hall–Kier alpha value is 1.19. The van der Waals surface area contributed by atoms with E-state index in [1.54, 1.807) is 37.7 Å². The van der Waals surface area contributed by atoms with Gasteiger partial charge in [0, 0.05) is 7.92 Å². The Morgan fingerprint density at radius 1 is 0.433 bits per heavy atom. The van der Waals surface area contributed by atoms with Crippen molar-refractivity contribution in [2.45, 2.75) is 150 Å². The first-order chi connectivity index (χ1) is 14.8. The van der Waals surface area contributed by atoms with Crippen LogP contribution in [0.4, 0.5) is 0 Å². The van der Waals surface area contributed by atoms with E-state index in [1.165, 1.54) is 119 Å². The van der Waals surface area contributed by atoms with Crippen molar-refractivity contribution >= 4 is 30.9 Å². The van der Waals surface area contributed by atoms with Gasteiger partial charge in [0.15, 0.2) is 0 Å². The van der Waals surface area contributed by atoms with Crippen molar-refractivity contribution < 1.29 is 3.07 Å². The molecule has 30 heavy (non-hydrogen) atoms. The maximum absolute atomic E-state index is 4.78. The van der Waals surface area contributed by atoms with Gasteiger partial charge >= 0.3 is 46.0 Å². The Balaban J connectivity index is 0. The third kappa shape index (κ3) is 31.4. The van der Waals surface area contributed by atoms with E-state index in [1.807, 2.05) is 0 Å². The van der Waals surface area contributed by atoms with Crippen molar-refractivity contribution in [1.82, 2.24) is 0 Å². The Morgan fingerprint density at radius 3 is 0.967 bits per heavy atom. The third-order valence-corrected chi connectivity index (χ3v) is 9.72. The minimum atomic E-state index is -0.0222. The average molecular weight is 549 g/mol. The van der Waals surface area contributed by atoms with Crippen molar-refractivity contribution in [1.29, 1.82) is 0 Å². The predicted octanol–water partition coefficient (Wildman–Crippen LogP) is 9.78. The molecule has 0 unspecified atom stereocenters. The molecular formula is C27H59OPSn+. The summed E-state index contributed by atoms with van der Waals surface area (Å²) in [5, 5.41) is 0. The zero-order valence-corrected chi connectivity index (χ0v) is 25.5. The average Bonchev–Trinajstić information content (AvgIpc) is 2.76. The first kappa shape index (κ1) is 33.4. The molecule has 3 heteroatoms. The fourth-order valence-corrected chi connectivity index (χ4v) is 7.53. The Labute approximate surface area is 208 Å². The van der Waals surface area contributed by atoms with Crippen molar-refractivity contribution in [2.75, 3.05) is 25.1 Å². The Kier molecular flexibility index (Phi) is 36.0. The second-order valence-corrected chi connectivity index (χ2v) is 13.0. The van der Waals surface area contributed by atoms with Gasteiger partial charge in [0.1, 0.15) is 0 Å². The first-order valence-electron chi connectivity index (χ1n) is 13.9. The summed E-state index contributed by atoms with van der Waals surface area (Å²) in [6.45, 7) is 9.99. The van der Waals surface area contributed by atoms with E-state index in [0.717, 1.165) is 13.0 Å². The van der Waals surface area contributed by atoms with Crippen LogP contribution in [0.5, 0.6) is 0 Å². The van der Waals surface area contributed by atoms with E-state index in [0.29, 0.717) is 0 Å². The number of hydrogen-bond acceptors (Lipinski definition) is 1. The summed E-state index contributed by atoms with van der Waals surface area (Å²) >= 11 is 1.18. The normalized spacial score (nSPS) is 11.0. The topological polar surface area (TPSA) is 9.23 Å². The van der Waals surface area contributed by atoms with Crippen LogP contribution >= 0.6 is 7.92 Å². The molecule has 0 aliphatic carbocycles. The van der Waals surface area contributed by atoms with E-state index < -0.39 is 0 Å². The first-order valence-corrected chi connectivity index (χ1v) is 17.2. The summed E-state index contributed by atoms with van der Waals surface area (Å²) < 4.78 is 4.78. The fraction of sp³-hybridized carbons (Fsp3) is 1.00. The molecule has 0 aliphatic heterocycles. The van der Waals surface area contributed by atoms with Gasteiger partial charge in [-0.15, -0.1) is 0 Å². The fourth-order valence-electron chi connectivity index (χ4n) is 3.94. The molecule has 0 saturated carbocycles. The zero-order valence-electron chi connectivity index (χ0n) is 21.7. The van der Waals surface area contributed by atoms with Gasteiger partial charge in [-0.25, -0.2) is 0 Å². The van der Waals surface area contributed by atoms with Crippen LogP contribution in [0, 0.1) is 0 Å². The van der Waals surface area contributed by atoms with Gasteiger partial charge in [0.05, 0.1) is 18.5 Å². The van der Waals surface area contributed by atoms with Crippen LogP contribution in [-0.2, 0) is 3.07 Å². The van der Waals surface area contributed by atoms with E-state index >= 15 is 0 Å². The van der Waals surface area contributed by atoms with Crippen molar-refractivity contribution in [2.24, 2.45) is 0 Å². The summed E-state index contributed by atoms with van der Waals surface area (Å²) in [5.41, 5.74) is 0. The molecule has 0 bridgehead atoms. The molecule has 0 aromatic heterocycles. The van der Waals surface area contributed by atoms with Crippen LogP contribution in [0.1, 0.15) is 150 Å². The molecule has 0 rings (SSSR count). The SMILES string of the molecule is CCCCCCCC[PH+](CCCCCCCC)CCCCCCCC.CCC[O][Sn]. The molecular weight excluding hydrogens is 490 g/mol. The molecule has 0 amide bonds. The van der Waals surface area contributed by atoms with Crippen molar-refractivity contribution in [3.8, 4) is 0 Å². The molecule has 0 fully saturated rings. The summed E-state index contributed by atoms with van der Waals surface area (Å²) in [6.07, 6.45) is 32.6. The summed E-state index contributed by atoms with van der Waals surface area (Å²) in [4.78, 5) is 0. The third-order valence-electron chi connectivity index (χ3n) is 5.96. The molecule has 0 heterocycles. The molecule has 0 aromatic carbocycles. The number of rotatable bonds is 23. The second kappa shape index (κ2) is 32.4. The van der Waals surface area contributed by atoms with Gasteiger partial charge < -0.3 is 0 Å². The summed E-state index contributed by atoms with van der Waals surface area (Å²) in [7, 11) is -0.0222. The van der Waals surface area contributed by atoms with Gasteiger partial charge in [-0.05, 0) is 38.5 Å². The van der Waals surface area contributed by atoms with Crippen LogP contribution < -0.4 is 0 Å². The van der Waals surface area contributed by atoms with Crippen LogP contribution in [0.2, 0.25) is 0 Å². The minimum absolute atomic E-state index is 0.0222. The molecule has 0 saturated heterocycles. The monoisotopic (exact) mass is 550 g/mol. The van der Waals surface area contributed by atoms with Crippen molar-refractivity contribution in [3.05, 3.63) is 0 Å². The number of hydrogen-bond donors (Lipinski definition) is 0. The van der Waals surface area contributed by atoms with Gasteiger partial charge in [-0.1, -0.05) is 97.8 Å². The predicted molar refractivity (Wildman–Crippen MR) is 145 cm³/mol. The molecule has 0 spiro atoms. The Morgan fingerprint density at radius 2 is 0.733 bits per heavy atom. The molecule has 181 valence electrons. The van der Waals surface area contributed by atoms with E-state index in [2.05, 4.69) is 27.7 Å². The van der Waals surface area contributed by atoms with Gasteiger partial charge in [-0.2, -0.15) is 0 Å². The number of unbranched alkanes of at least 4 members (excludes halogenated alkanes) is 15. The van der Waals surface area contributed by atoms with Gasteiger partial charge in [0.2, 0.25) is 0 Å². The van der Waals surface area contributed by atoms with Crippen LogP contribution in [0.25, 0.3) is 0 Å². The molecule has 3 radical (unpaired) electrons. The van der Waals surface area contributed by atoms with Crippen LogP contribution in [-0.4, -0.2) is 48.0 Å². The second-order valence-electron chi connectivity index (χ2n) is 9.15. The molecule has 0 aliphatic rings. The quantitative estimate of drug-likeness (QED) is 0.0701. The van der Waals surface area contributed by atoms with Gasteiger partial charge in [0.25, 0.3) is 0 Å². The van der Waals surface area contributed by atoms with Crippen LogP contribution in [0.15, 0.2) is 0 Å². The standard InChI is InChI=1S/C24H51P.C3H7O.Sn/c1-4-7-10-13-16-19-22-25(23-20-17-14-11-8-5-2)24-21-18-15-12-9-6-3;1-2-3-4;/h4-24H2,1-3H3;2-3H2,1H3;/q;-1;+1/p+1. The molecule has 0 aromatic rings. The molecule has 1 nitrogen and oxygen atoms in total. The maximum atomic E-state index is 4.78. The zero-order chi connectivity index (χ0) is 22.5.